The number of aryl methyl sites for hydroxylation is 1. The maximum atomic E-state index is 13.3. The maximum Gasteiger partial charge on any atom is 0.224 e. The van der Waals surface area contributed by atoms with Crippen LogP contribution in [0.4, 0.5) is 4.39 Å². The number of nitrogens with one attached hydrogen (secondary N) is 1. The van der Waals surface area contributed by atoms with Gasteiger partial charge in [-0.05, 0) is 43.2 Å². The van der Waals surface area contributed by atoms with Crippen molar-refractivity contribution in [3.63, 3.8) is 0 Å². The second-order valence-electron chi connectivity index (χ2n) is 6.49. The predicted molar refractivity (Wildman–Crippen MR) is 100 cm³/mol. The van der Waals surface area contributed by atoms with Crippen molar-refractivity contribution in [2.45, 2.75) is 39.0 Å². The Morgan fingerprint density at radius 3 is 2.73 bits per heavy atom. The molecule has 3 aromatic rings. The summed E-state index contributed by atoms with van der Waals surface area (Å²) >= 11 is 0. The Morgan fingerprint density at radius 2 is 2.00 bits per heavy atom. The number of fused-ring (bicyclic) bond motifs is 1. The summed E-state index contributed by atoms with van der Waals surface area (Å²) < 4.78 is 15.4. The summed E-state index contributed by atoms with van der Waals surface area (Å²) in [5, 5.41) is 14.2. The van der Waals surface area contributed by atoms with E-state index < -0.39 is 18.0 Å². The zero-order chi connectivity index (χ0) is 18.7. The minimum absolute atomic E-state index is 0.174. The van der Waals surface area contributed by atoms with E-state index in [-0.39, 0.29) is 12.3 Å². The molecule has 3 rings (SSSR count). The number of hydrogen-bond acceptors (Lipinski definition) is 2. The highest BCUT2D eigenvalue weighted by molar-refractivity contribution is 5.89. The zero-order valence-electron chi connectivity index (χ0n) is 14.9. The lowest BCUT2D eigenvalue weighted by Gasteiger charge is -2.20. The normalized spacial score (nSPS) is 13.5. The van der Waals surface area contributed by atoms with Crippen molar-refractivity contribution in [1.82, 2.24) is 9.88 Å². The number of hydrogen-bond donors (Lipinski definition) is 2. The molecule has 136 valence electrons. The quantitative estimate of drug-likeness (QED) is 0.711. The number of rotatable bonds is 6. The van der Waals surface area contributed by atoms with Gasteiger partial charge in [0.1, 0.15) is 5.82 Å². The Hall–Kier alpha value is -2.66. The van der Waals surface area contributed by atoms with Crippen molar-refractivity contribution >= 4 is 16.8 Å². The number of amides is 1. The first kappa shape index (κ1) is 18.1. The SMILES string of the molecule is CCn1cc(CC(=O)N[C@@H](C)[C@H](O)c2cccc(F)c2)c2ccccc21. The standard InChI is InChI=1S/C21H23FN2O2/c1-3-24-13-16(18-9-4-5-10-19(18)24)12-20(25)23-14(2)21(26)15-7-6-8-17(22)11-15/h4-11,13-14,21,26H,3,12H2,1-2H3,(H,23,25)/t14-,21-/m0/s1. The van der Waals surface area contributed by atoms with Gasteiger partial charge in [-0.25, -0.2) is 4.39 Å². The van der Waals surface area contributed by atoms with Crippen LogP contribution in [0, 0.1) is 5.82 Å². The van der Waals surface area contributed by atoms with Crippen LogP contribution in [-0.2, 0) is 17.8 Å². The van der Waals surface area contributed by atoms with Gasteiger partial charge in [0.2, 0.25) is 5.91 Å². The molecule has 1 heterocycles. The lowest BCUT2D eigenvalue weighted by molar-refractivity contribution is -0.121. The number of carbonyl (C=O) groups is 1. The van der Waals surface area contributed by atoms with Gasteiger partial charge >= 0.3 is 0 Å². The third-order valence-electron chi connectivity index (χ3n) is 4.62. The first-order chi connectivity index (χ1) is 12.5. The summed E-state index contributed by atoms with van der Waals surface area (Å²) in [5.41, 5.74) is 2.50. The van der Waals surface area contributed by atoms with Crippen LogP contribution >= 0.6 is 0 Å². The largest absolute Gasteiger partial charge is 0.386 e. The zero-order valence-corrected chi connectivity index (χ0v) is 14.9. The Morgan fingerprint density at radius 1 is 1.23 bits per heavy atom. The molecule has 2 aromatic carbocycles. The second-order valence-corrected chi connectivity index (χ2v) is 6.49. The van der Waals surface area contributed by atoms with Crippen molar-refractivity contribution in [2.24, 2.45) is 0 Å². The molecule has 5 heteroatoms. The fraction of sp³-hybridized carbons (Fsp3) is 0.286. The van der Waals surface area contributed by atoms with Crippen molar-refractivity contribution in [1.29, 1.82) is 0 Å². The van der Waals surface area contributed by atoms with Gasteiger partial charge in [-0.15, -0.1) is 0 Å². The van der Waals surface area contributed by atoms with E-state index in [0.29, 0.717) is 5.56 Å². The molecule has 0 saturated heterocycles. The first-order valence-corrected chi connectivity index (χ1v) is 8.79. The molecule has 26 heavy (non-hydrogen) atoms. The molecule has 0 aliphatic heterocycles. The predicted octanol–water partition coefficient (Wildman–Crippen LogP) is 3.58. The highest BCUT2D eigenvalue weighted by atomic mass is 19.1. The van der Waals surface area contributed by atoms with E-state index in [2.05, 4.69) is 16.8 Å². The molecule has 2 N–H and O–H groups in total. The molecular formula is C21H23FN2O2. The van der Waals surface area contributed by atoms with Crippen LogP contribution in [0.25, 0.3) is 10.9 Å². The maximum absolute atomic E-state index is 13.3. The topological polar surface area (TPSA) is 54.3 Å². The van der Waals surface area contributed by atoms with Crippen molar-refractivity contribution in [2.75, 3.05) is 0 Å². The third kappa shape index (κ3) is 3.78. The summed E-state index contributed by atoms with van der Waals surface area (Å²) in [7, 11) is 0. The number of aliphatic hydroxyl groups excluding tert-OH is 1. The van der Waals surface area contributed by atoms with Gasteiger partial charge in [0.15, 0.2) is 0 Å². The summed E-state index contributed by atoms with van der Waals surface area (Å²) in [5.74, 6) is -0.584. The van der Waals surface area contributed by atoms with E-state index in [1.54, 1.807) is 19.1 Å². The number of aromatic nitrogens is 1. The van der Waals surface area contributed by atoms with Crippen LogP contribution in [0.1, 0.15) is 31.1 Å². The van der Waals surface area contributed by atoms with Crippen LogP contribution in [0.15, 0.2) is 54.7 Å². The number of aliphatic hydroxyl groups is 1. The highest BCUT2D eigenvalue weighted by Gasteiger charge is 2.20. The molecule has 0 aliphatic carbocycles. The smallest absolute Gasteiger partial charge is 0.224 e. The average Bonchev–Trinajstić information content (AvgIpc) is 2.98. The minimum Gasteiger partial charge on any atom is -0.386 e. The van der Waals surface area contributed by atoms with Crippen LogP contribution < -0.4 is 5.32 Å². The molecule has 0 aliphatic rings. The van der Waals surface area contributed by atoms with Gasteiger partial charge in [-0.2, -0.15) is 0 Å². The van der Waals surface area contributed by atoms with Gasteiger partial charge in [-0.1, -0.05) is 30.3 Å². The summed E-state index contributed by atoms with van der Waals surface area (Å²) in [6, 6.07) is 13.3. The number of carbonyl (C=O) groups excluding carboxylic acids is 1. The molecule has 0 radical (unpaired) electrons. The lowest BCUT2D eigenvalue weighted by Crippen LogP contribution is -2.37. The molecule has 1 amide bonds. The van der Waals surface area contributed by atoms with E-state index in [0.717, 1.165) is 23.0 Å². The summed E-state index contributed by atoms with van der Waals surface area (Å²) in [6.07, 6.45) is 1.26. The van der Waals surface area contributed by atoms with E-state index in [9.17, 15) is 14.3 Å². The molecule has 0 bridgehead atoms. The van der Waals surface area contributed by atoms with E-state index in [1.165, 1.54) is 12.1 Å². The second kappa shape index (κ2) is 7.70. The fourth-order valence-electron chi connectivity index (χ4n) is 3.26. The van der Waals surface area contributed by atoms with Crippen molar-refractivity contribution in [3.05, 3.63) is 71.7 Å². The Kier molecular flexibility index (Phi) is 5.38. The first-order valence-electron chi connectivity index (χ1n) is 8.79. The number of nitrogens with zero attached hydrogens (tertiary/aromatic N) is 1. The van der Waals surface area contributed by atoms with Gasteiger partial charge < -0.3 is 15.0 Å². The number of para-hydroxylation sites is 1. The minimum atomic E-state index is -0.966. The van der Waals surface area contributed by atoms with Gasteiger partial charge in [0, 0.05) is 23.6 Å². The van der Waals surface area contributed by atoms with E-state index >= 15 is 0 Å². The lowest BCUT2D eigenvalue weighted by atomic mass is 10.0. The molecular weight excluding hydrogens is 331 g/mol. The van der Waals surface area contributed by atoms with Crippen LogP contribution in [0.3, 0.4) is 0 Å². The van der Waals surface area contributed by atoms with E-state index in [4.69, 9.17) is 0 Å². The Labute approximate surface area is 152 Å². The average molecular weight is 354 g/mol. The van der Waals surface area contributed by atoms with Crippen molar-refractivity contribution in [3.8, 4) is 0 Å². The fourth-order valence-corrected chi connectivity index (χ4v) is 3.26. The number of halogens is 1. The third-order valence-corrected chi connectivity index (χ3v) is 4.62. The van der Waals surface area contributed by atoms with Crippen LogP contribution in [-0.4, -0.2) is 21.6 Å². The Balaban J connectivity index is 1.71. The van der Waals surface area contributed by atoms with Crippen molar-refractivity contribution < 1.29 is 14.3 Å². The monoisotopic (exact) mass is 354 g/mol. The van der Waals surface area contributed by atoms with Gasteiger partial charge in [-0.3, -0.25) is 4.79 Å². The summed E-state index contributed by atoms with van der Waals surface area (Å²) in [6.45, 7) is 4.60. The molecule has 0 saturated carbocycles. The molecule has 1 aromatic heterocycles. The van der Waals surface area contributed by atoms with Gasteiger partial charge in [0.05, 0.1) is 18.6 Å². The van der Waals surface area contributed by atoms with Crippen LogP contribution in [0.2, 0.25) is 0 Å². The number of benzene rings is 2. The molecule has 0 fully saturated rings. The van der Waals surface area contributed by atoms with Crippen LogP contribution in [0.5, 0.6) is 0 Å². The Bertz CT molecular complexity index is 919. The molecule has 0 unspecified atom stereocenters. The summed E-state index contributed by atoms with van der Waals surface area (Å²) in [4.78, 5) is 12.5. The molecule has 0 spiro atoms. The van der Waals surface area contributed by atoms with E-state index in [1.807, 2.05) is 30.5 Å². The molecule has 2 atom stereocenters. The molecule has 4 nitrogen and oxygen atoms in total. The van der Waals surface area contributed by atoms with Gasteiger partial charge in [0.25, 0.3) is 0 Å². The highest BCUT2D eigenvalue weighted by Crippen LogP contribution is 2.22.